The molecule has 3 aromatic rings. The van der Waals surface area contributed by atoms with Crippen molar-refractivity contribution in [1.82, 2.24) is 4.98 Å². The molecule has 0 atom stereocenters. The number of hydrogen-bond acceptors (Lipinski definition) is 2. The summed E-state index contributed by atoms with van der Waals surface area (Å²) in [5.74, 6) is 0. The highest BCUT2D eigenvalue weighted by atomic mass is 16.3. The highest BCUT2D eigenvalue weighted by Gasteiger charge is 2.06. The van der Waals surface area contributed by atoms with Gasteiger partial charge in [0, 0.05) is 23.2 Å². The molecule has 0 bridgehead atoms. The summed E-state index contributed by atoms with van der Waals surface area (Å²) in [6, 6.07) is 7.50. The summed E-state index contributed by atoms with van der Waals surface area (Å²) in [6.45, 7) is 0. The van der Waals surface area contributed by atoms with Gasteiger partial charge >= 0.3 is 0 Å². The third-order valence-electron chi connectivity index (χ3n) is 2.33. The van der Waals surface area contributed by atoms with E-state index in [2.05, 4.69) is 4.98 Å². The molecule has 0 saturated carbocycles. The Balaban J connectivity index is 2.65. The van der Waals surface area contributed by atoms with E-state index < -0.39 is 0 Å². The number of hydrogen-bond donors (Lipinski definition) is 0. The molecule has 0 amide bonds. The summed E-state index contributed by atoms with van der Waals surface area (Å²) >= 11 is 0. The Hall–Kier alpha value is -1.77. The van der Waals surface area contributed by atoms with Crippen LogP contribution in [0.15, 0.2) is 41.1 Å². The molecule has 0 aliphatic rings. The Morgan fingerprint density at radius 1 is 1.14 bits per heavy atom. The van der Waals surface area contributed by atoms with Crippen LogP contribution in [-0.2, 0) is 0 Å². The fraction of sp³-hybridized carbons (Fsp3) is 0. The van der Waals surface area contributed by atoms with Crippen LogP contribution in [0.5, 0.6) is 0 Å². The molecule has 1 aromatic carbocycles. The van der Waals surface area contributed by atoms with E-state index in [1.807, 2.05) is 24.3 Å². The van der Waals surface area contributed by atoms with Gasteiger partial charge in [0.1, 0.15) is 19.0 Å². The highest BCUT2D eigenvalue weighted by Crippen LogP contribution is 2.25. The van der Waals surface area contributed by atoms with Crippen molar-refractivity contribution in [3.63, 3.8) is 0 Å². The smallest absolute Gasteiger partial charge is 0.138 e. The second-order valence-corrected chi connectivity index (χ2v) is 3.19. The largest absolute Gasteiger partial charge is 0.456 e. The van der Waals surface area contributed by atoms with Crippen LogP contribution in [0.4, 0.5) is 0 Å². The predicted octanol–water partition coefficient (Wildman–Crippen LogP) is 1.77. The highest BCUT2D eigenvalue weighted by molar-refractivity contribution is 6.41. The van der Waals surface area contributed by atoms with Gasteiger partial charge in [0.25, 0.3) is 0 Å². The molecule has 64 valence electrons. The SMILES string of the molecule is [B]c1cccc2oc3ccncc3c12. The van der Waals surface area contributed by atoms with Gasteiger partial charge in [-0.1, -0.05) is 17.6 Å². The third kappa shape index (κ3) is 0.895. The molecule has 0 aliphatic heterocycles. The summed E-state index contributed by atoms with van der Waals surface area (Å²) < 4.78 is 5.61. The molecule has 3 rings (SSSR count). The lowest BCUT2D eigenvalue weighted by Crippen LogP contribution is -2.01. The fourth-order valence-electron chi connectivity index (χ4n) is 1.70. The fourth-order valence-corrected chi connectivity index (χ4v) is 1.70. The van der Waals surface area contributed by atoms with Crippen LogP contribution in [0.2, 0.25) is 0 Å². The number of aromatic nitrogens is 1. The lowest BCUT2D eigenvalue weighted by atomic mass is 9.91. The van der Waals surface area contributed by atoms with Gasteiger partial charge in [0.15, 0.2) is 0 Å². The first-order chi connectivity index (χ1) is 6.86. The normalized spacial score (nSPS) is 11.1. The van der Waals surface area contributed by atoms with Crippen molar-refractivity contribution >= 4 is 35.2 Å². The van der Waals surface area contributed by atoms with E-state index in [1.165, 1.54) is 0 Å². The average molecular weight is 179 g/mol. The van der Waals surface area contributed by atoms with Crippen molar-refractivity contribution in [3.05, 3.63) is 36.7 Å². The Labute approximate surface area is 82.0 Å². The van der Waals surface area contributed by atoms with Crippen molar-refractivity contribution in [2.75, 3.05) is 0 Å². The second kappa shape index (κ2) is 2.61. The molecule has 0 saturated heterocycles. The number of benzene rings is 1. The zero-order chi connectivity index (χ0) is 9.54. The van der Waals surface area contributed by atoms with Crippen molar-refractivity contribution < 1.29 is 4.42 Å². The molecule has 2 aromatic heterocycles. The lowest BCUT2D eigenvalue weighted by Gasteiger charge is -1.93. The van der Waals surface area contributed by atoms with Gasteiger partial charge in [-0.05, 0) is 12.1 Å². The first-order valence-electron chi connectivity index (χ1n) is 4.37. The van der Waals surface area contributed by atoms with Crippen LogP contribution in [0, 0.1) is 0 Å². The van der Waals surface area contributed by atoms with E-state index in [-0.39, 0.29) is 0 Å². The standard InChI is InChI=1S/C11H6BNO/c12-8-2-1-3-10-11(8)7-6-13-5-4-9(7)14-10/h1-6H. The monoisotopic (exact) mass is 179 g/mol. The maximum atomic E-state index is 5.88. The van der Waals surface area contributed by atoms with E-state index in [4.69, 9.17) is 12.3 Å². The van der Waals surface area contributed by atoms with Crippen molar-refractivity contribution in [3.8, 4) is 0 Å². The molecule has 2 heterocycles. The molecular formula is C11H6BNO. The first kappa shape index (κ1) is 7.62. The maximum absolute atomic E-state index is 5.88. The molecule has 14 heavy (non-hydrogen) atoms. The lowest BCUT2D eigenvalue weighted by molar-refractivity contribution is 0.668. The molecule has 0 unspecified atom stereocenters. The summed E-state index contributed by atoms with van der Waals surface area (Å²) in [5.41, 5.74) is 2.37. The molecular weight excluding hydrogens is 173 g/mol. The third-order valence-corrected chi connectivity index (χ3v) is 2.33. The van der Waals surface area contributed by atoms with Crippen LogP contribution in [0.25, 0.3) is 21.9 Å². The molecule has 0 spiro atoms. The predicted molar refractivity (Wildman–Crippen MR) is 56.9 cm³/mol. The number of furan rings is 1. The van der Waals surface area contributed by atoms with Crippen molar-refractivity contribution in [1.29, 1.82) is 0 Å². The Morgan fingerprint density at radius 2 is 2.07 bits per heavy atom. The van der Waals surface area contributed by atoms with E-state index in [9.17, 15) is 0 Å². The van der Waals surface area contributed by atoms with Crippen LogP contribution in [0.1, 0.15) is 0 Å². The van der Waals surface area contributed by atoms with Crippen LogP contribution >= 0.6 is 0 Å². The summed E-state index contributed by atoms with van der Waals surface area (Å²) in [6.07, 6.45) is 3.48. The molecule has 3 heteroatoms. The quantitative estimate of drug-likeness (QED) is 0.491. The molecule has 0 aliphatic carbocycles. The van der Waals surface area contributed by atoms with E-state index in [0.29, 0.717) is 0 Å². The van der Waals surface area contributed by atoms with Gasteiger partial charge < -0.3 is 4.42 Å². The van der Waals surface area contributed by atoms with Gasteiger partial charge in [0.2, 0.25) is 0 Å². The van der Waals surface area contributed by atoms with E-state index >= 15 is 0 Å². The van der Waals surface area contributed by atoms with Gasteiger partial charge in [-0.15, -0.1) is 0 Å². The molecule has 0 N–H and O–H groups in total. The van der Waals surface area contributed by atoms with Gasteiger partial charge in [-0.25, -0.2) is 0 Å². The Kier molecular flexibility index (Phi) is 1.42. The minimum atomic E-state index is 0.731. The molecule has 0 fully saturated rings. The number of fused-ring (bicyclic) bond motifs is 3. The van der Waals surface area contributed by atoms with Crippen molar-refractivity contribution in [2.24, 2.45) is 0 Å². The minimum absolute atomic E-state index is 0.731. The number of nitrogens with zero attached hydrogens (tertiary/aromatic N) is 1. The van der Waals surface area contributed by atoms with Crippen LogP contribution in [0.3, 0.4) is 0 Å². The van der Waals surface area contributed by atoms with Crippen LogP contribution < -0.4 is 5.46 Å². The van der Waals surface area contributed by atoms with E-state index in [1.54, 1.807) is 12.4 Å². The average Bonchev–Trinajstić information content (AvgIpc) is 2.57. The maximum Gasteiger partial charge on any atom is 0.138 e. The molecule has 2 radical (unpaired) electrons. The Morgan fingerprint density at radius 3 is 3.00 bits per heavy atom. The molecule has 2 nitrogen and oxygen atoms in total. The van der Waals surface area contributed by atoms with Gasteiger partial charge in [0.05, 0.1) is 0 Å². The topological polar surface area (TPSA) is 26.0 Å². The second-order valence-electron chi connectivity index (χ2n) is 3.19. The van der Waals surface area contributed by atoms with Crippen molar-refractivity contribution in [2.45, 2.75) is 0 Å². The van der Waals surface area contributed by atoms with Crippen LogP contribution in [-0.4, -0.2) is 12.8 Å². The van der Waals surface area contributed by atoms with Gasteiger partial charge in [-0.2, -0.15) is 0 Å². The Bertz CT molecular complexity index is 615. The number of rotatable bonds is 0. The summed E-state index contributed by atoms with van der Waals surface area (Å²) in [4.78, 5) is 4.06. The first-order valence-corrected chi connectivity index (χ1v) is 4.37. The summed E-state index contributed by atoms with van der Waals surface area (Å²) in [5, 5.41) is 1.93. The zero-order valence-corrected chi connectivity index (χ0v) is 7.40. The zero-order valence-electron chi connectivity index (χ0n) is 7.40. The summed E-state index contributed by atoms with van der Waals surface area (Å²) in [7, 11) is 5.88. The van der Waals surface area contributed by atoms with Gasteiger partial charge in [-0.3, -0.25) is 4.98 Å². The van der Waals surface area contributed by atoms with E-state index in [0.717, 1.165) is 27.4 Å². The number of pyridine rings is 1. The minimum Gasteiger partial charge on any atom is -0.456 e.